The molecule has 1 aliphatic heterocycles. The quantitative estimate of drug-likeness (QED) is 0.895. The number of carbonyl (C=O) groups is 1. The Bertz CT molecular complexity index is 544. The Kier molecular flexibility index (Phi) is 6.35. The molecule has 1 amide bonds. The van der Waals surface area contributed by atoms with Crippen molar-refractivity contribution in [1.29, 1.82) is 0 Å². The van der Waals surface area contributed by atoms with Gasteiger partial charge in [0.25, 0.3) is 0 Å². The second-order valence-electron chi connectivity index (χ2n) is 6.90. The van der Waals surface area contributed by atoms with E-state index >= 15 is 0 Å². The van der Waals surface area contributed by atoms with Gasteiger partial charge in [0.1, 0.15) is 0 Å². The van der Waals surface area contributed by atoms with E-state index < -0.39 is 0 Å². The van der Waals surface area contributed by atoms with Crippen LogP contribution >= 0.6 is 24.0 Å². The van der Waals surface area contributed by atoms with Crippen LogP contribution in [0, 0.1) is 5.41 Å². The first-order valence-electron chi connectivity index (χ1n) is 8.36. The average molecular weight is 357 g/mol. The van der Waals surface area contributed by atoms with E-state index in [9.17, 15) is 4.79 Å². The molecular formula is C18H26Cl2N2O. The van der Waals surface area contributed by atoms with Crippen molar-refractivity contribution in [2.75, 3.05) is 19.6 Å². The van der Waals surface area contributed by atoms with Crippen molar-refractivity contribution < 1.29 is 4.79 Å². The van der Waals surface area contributed by atoms with Gasteiger partial charge in [-0.05, 0) is 43.9 Å². The zero-order chi connectivity index (χ0) is 15.6. The van der Waals surface area contributed by atoms with Crippen molar-refractivity contribution in [3.63, 3.8) is 0 Å². The van der Waals surface area contributed by atoms with Crippen molar-refractivity contribution in [1.82, 2.24) is 10.2 Å². The molecule has 1 saturated heterocycles. The Morgan fingerprint density at radius 1 is 1.39 bits per heavy atom. The number of amides is 1. The third-order valence-corrected chi connectivity index (χ3v) is 5.34. The monoisotopic (exact) mass is 356 g/mol. The molecule has 0 spiro atoms. The number of piperazine rings is 1. The normalized spacial score (nSPS) is 23.4. The van der Waals surface area contributed by atoms with E-state index in [1.807, 2.05) is 18.2 Å². The van der Waals surface area contributed by atoms with E-state index in [0.29, 0.717) is 11.9 Å². The maximum Gasteiger partial charge on any atom is 0.229 e. The first-order valence-corrected chi connectivity index (χ1v) is 8.74. The summed E-state index contributed by atoms with van der Waals surface area (Å²) in [5.74, 6) is 0.360. The Hall–Kier alpha value is -0.770. The number of rotatable bonds is 3. The Labute approximate surface area is 150 Å². The summed E-state index contributed by atoms with van der Waals surface area (Å²) in [5.41, 5.74) is 0.979. The number of benzene rings is 1. The molecule has 1 saturated carbocycles. The Morgan fingerprint density at radius 2 is 2.13 bits per heavy atom. The lowest BCUT2D eigenvalue weighted by atomic mass is 9.78. The van der Waals surface area contributed by atoms with Crippen molar-refractivity contribution in [3.05, 3.63) is 34.9 Å². The fraction of sp³-hybridized carbons (Fsp3) is 0.611. The van der Waals surface area contributed by atoms with Gasteiger partial charge in [-0.15, -0.1) is 12.4 Å². The maximum atomic E-state index is 13.2. The number of nitrogens with zero attached hydrogens (tertiary/aromatic N) is 1. The molecule has 0 aromatic heterocycles. The van der Waals surface area contributed by atoms with Crippen LogP contribution in [0.3, 0.4) is 0 Å². The van der Waals surface area contributed by atoms with Crippen LogP contribution < -0.4 is 5.32 Å². The van der Waals surface area contributed by atoms with Crippen LogP contribution in [0.25, 0.3) is 0 Å². The summed E-state index contributed by atoms with van der Waals surface area (Å²) in [4.78, 5) is 15.3. The molecule has 2 aliphatic rings. The van der Waals surface area contributed by atoms with Crippen LogP contribution in [-0.4, -0.2) is 36.5 Å². The van der Waals surface area contributed by atoms with Crippen LogP contribution in [0.5, 0.6) is 0 Å². The fourth-order valence-electron chi connectivity index (χ4n) is 4.01. The predicted molar refractivity (Wildman–Crippen MR) is 97.3 cm³/mol. The van der Waals surface area contributed by atoms with E-state index in [0.717, 1.165) is 56.8 Å². The van der Waals surface area contributed by atoms with Gasteiger partial charge in [0, 0.05) is 30.7 Å². The summed E-state index contributed by atoms with van der Waals surface area (Å²) >= 11 is 6.12. The first kappa shape index (κ1) is 18.6. The highest BCUT2D eigenvalue weighted by Crippen LogP contribution is 2.43. The molecule has 5 heteroatoms. The molecule has 1 aliphatic carbocycles. The minimum absolute atomic E-state index is 0. The van der Waals surface area contributed by atoms with Gasteiger partial charge in [-0.1, -0.05) is 36.6 Å². The third-order valence-electron chi connectivity index (χ3n) is 5.10. The number of halogens is 2. The van der Waals surface area contributed by atoms with Gasteiger partial charge in [-0.2, -0.15) is 0 Å². The van der Waals surface area contributed by atoms with Crippen LogP contribution in [0.15, 0.2) is 24.3 Å². The topological polar surface area (TPSA) is 32.3 Å². The Morgan fingerprint density at radius 3 is 2.78 bits per heavy atom. The lowest BCUT2D eigenvalue weighted by molar-refractivity contribution is -0.143. The maximum absolute atomic E-state index is 13.2. The molecule has 3 rings (SSSR count). The molecular weight excluding hydrogens is 331 g/mol. The second kappa shape index (κ2) is 7.87. The smallest absolute Gasteiger partial charge is 0.229 e. The predicted octanol–water partition coefficient (Wildman–Crippen LogP) is 3.69. The van der Waals surface area contributed by atoms with E-state index in [-0.39, 0.29) is 17.8 Å². The molecule has 1 unspecified atom stereocenters. The van der Waals surface area contributed by atoms with E-state index in [1.54, 1.807) is 0 Å². The van der Waals surface area contributed by atoms with Gasteiger partial charge in [0.05, 0.1) is 5.41 Å². The van der Waals surface area contributed by atoms with Crippen LogP contribution in [0.2, 0.25) is 5.02 Å². The highest BCUT2D eigenvalue weighted by atomic mass is 35.5. The van der Waals surface area contributed by atoms with E-state index in [1.165, 1.54) is 5.56 Å². The molecule has 1 N–H and O–H groups in total. The molecule has 1 aromatic carbocycles. The largest absolute Gasteiger partial charge is 0.339 e. The van der Waals surface area contributed by atoms with Gasteiger partial charge in [-0.25, -0.2) is 0 Å². The molecule has 3 nitrogen and oxygen atoms in total. The van der Waals surface area contributed by atoms with Crippen molar-refractivity contribution in [2.24, 2.45) is 5.41 Å². The lowest BCUT2D eigenvalue weighted by Gasteiger charge is -2.39. The van der Waals surface area contributed by atoms with Crippen LogP contribution in [0.4, 0.5) is 0 Å². The molecule has 23 heavy (non-hydrogen) atoms. The standard InChI is InChI=1S/C18H25ClN2O.ClH/c1-14-13-21(10-9-20-14)17(22)18(7-2-3-8-18)12-15-5-4-6-16(19)11-15;/h4-6,11,14,20H,2-3,7-10,12-13H2,1H3;1H. The number of hydrogen-bond donors (Lipinski definition) is 1. The van der Waals surface area contributed by atoms with Crippen molar-refractivity contribution in [2.45, 2.75) is 45.1 Å². The van der Waals surface area contributed by atoms with Gasteiger partial charge in [0.2, 0.25) is 5.91 Å². The van der Waals surface area contributed by atoms with Crippen LogP contribution in [-0.2, 0) is 11.2 Å². The summed E-state index contributed by atoms with van der Waals surface area (Å²) in [7, 11) is 0. The summed E-state index contributed by atoms with van der Waals surface area (Å²) < 4.78 is 0. The summed E-state index contributed by atoms with van der Waals surface area (Å²) in [5, 5.41) is 4.17. The number of hydrogen-bond acceptors (Lipinski definition) is 2. The van der Waals surface area contributed by atoms with Gasteiger partial charge < -0.3 is 10.2 Å². The Balaban J connectivity index is 0.00000192. The van der Waals surface area contributed by atoms with E-state index in [4.69, 9.17) is 11.6 Å². The number of nitrogens with one attached hydrogen (secondary N) is 1. The molecule has 1 atom stereocenters. The minimum atomic E-state index is -0.207. The van der Waals surface area contributed by atoms with Gasteiger partial charge in [0.15, 0.2) is 0 Å². The van der Waals surface area contributed by atoms with Gasteiger partial charge in [-0.3, -0.25) is 4.79 Å². The molecule has 1 heterocycles. The minimum Gasteiger partial charge on any atom is -0.339 e. The summed E-state index contributed by atoms with van der Waals surface area (Å²) in [6.45, 7) is 4.72. The highest BCUT2D eigenvalue weighted by molar-refractivity contribution is 6.30. The number of carbonyl (C=O) groups excluding carboxylic acids is 1. The molecule has 2 fully saturated rings. The fourth-order valence-corrected chi connectivity index (χ4v) is 4.22. The van der Waals surface area contributed by atoms with Crippen molar-refractivity contribution >= 4 is 29.9 Å². The highest BCUT2D eigenvalue weighted by Gasteiger charge is 2.43. The molecule has 1 aromatic rings. The lowest BCUT2D eigenvalue weighted by Crippen LogP contribution is -2.55. The molecule has 128 valence electrons. The molecule has 0 bridgehead atoms. The van der Waals surface area contributed by atoms with Crippen LogP contribution in [0.1, 0.15) is 38.2 Å². The summed E-state index contributed by atoms with van der Waals surface area (Å²) in [6.07, 6.45) is 5.17. The van der Waals surface area contributed by atoms with Crippen molar-refractivity contribution in [3.8, 4) is 0 Å². The zero-order valence-electron chi connectivity index (χ0n) is 13.7. The second-order valence-corrected chi connectivity index (χ2v) is 7.34. The van der Waals surface area contributed by atoms with Gasteiger partial charge >= 0.3 is 0 Å². The van der Waals surface area contributed by atoms with E-state index in [2.05, 4.69) is 23.2 Å². The SMILES string of the molecule is CC1CN(C(=O)C2(Cc3cccc(Cl)c3)CCCC2)CCN1.Cl. The average Bonchev–Trinajstić information content (AvgIpc) is 2.96. The summed E-state index contributed by atoms with van der Waals surface area (Å²) in [6, 6.07) is 8.38. The molecule has 0 radical (unpaired) electrons. The zero-order valence-corrected chi connectivity index (χ0v) is 15.3. The first-order chi connectivity index (χ1) is 10.6. The third kappa shape index (κ3) is 4.20.